The molecule has 2 amide bonds. The number of halogens is 1. The molecule has 2 heterocycles. The molecular weight excluding hydrogens is 368 g/mol. The maximum absolute atomic E-state index is 12.4. The Labute approximate surface area is 161 Å². The van der Waals surface area contributed by atoms with Gasteiger partial charge >= 0.3 is 0 Å². The van der Waals surface area contributed by atoms with E-state index in [9.17, 15) is 14.4 Å². The van der Waals surface area contributed by atoms with Crippen LogP contribution in [0.1, 0.15) is 35.4 Å². The van der Waals surface area contributed by atoms with Crippen LogP contribution in [0.4, 0.5) is 0 Å². The molecule has 0 atom stereocenters. The molecule has 1 aliphatic heterocycles. The highest BCUT2D eigenvalue weighted by atomic mass is 35.5. The molecule has 1 saturated heterocycles. The summed E-state index contributed by atoms with van der Waals surface area (Å²) in [6.45, 7) is 3.46. The summed E-state index contributed by atoms with van der Waals surface area (Å²) in [4.78, 5) is 38.4. The Hall–Kier alpha value is -2.67. The van der Waals surface area contributed by atoms with Crippen molar-refractivity contribution in [3.8, 4) is 5.69 Å². The first-order valence-electron chi connectivity index (χ1n) is 8.88. The summed E-state index contributed by atoms with van der Waals surface area (Å²) in [7, 11) is 0. The van der Waals surface area contributed by atoms with Crippen LogP contribution in [0.15, 0.2) is 35.1 Å². The number of carbonyl (C=O) groups is 2. The molecule has 8 heteroatoms. The van der Waals surface area contributed by atoms with Crippen LogP contribution in [-0.4, -0.2) is 46.1 Å². The van der Waals surface area contributed by atoms with Gasteiger partial charge in [-0.05, 0) is 44.0 Å². The van der Waals surface area contributed by atoms with Crippen molar-refractivity contribution in [2.45, 2.75) is 26.2 Å². The van der Waals surface area contributed by atoms with Crippen LogP contribution in [-0.2, 0) is 4.79 Å². The van der Waals surface area contributed by atoms with E-state index >= 15 is 0 Å². The van der Waals surface area contributed by atoms with Crippen molar-refractivity contribution >= 4 is 23.4 Å². The maximum Gasteiger partial charge on any atom is 0.275 e. The molecule has 7 nitrogen and oxygen atoms in total. The quantitative estimate of drug-likeness (QED) is 0.848. The largest absolute Gasteiger partial charge is 0.350 e. The minimum absolute atomic E-state index is 0.0169. The van der Waals surface area contributed by atoms with Crippen LogP contribution in [0.5, 0.6) is 0 Å². The lowest BCUT2D eigenvalue weighted by atomic mass is 10.2. The number of hydrogen-bond donors (Lipinski definition) is 1. The molecule has 27 heavy (non-hydrogen) atoms. The Morgan fingerprint density at radius 2 is 1.85 bits per heavy atom. The summed E-state index contributed by atoms with van der Waals surface area (Å²) in [6, 6.07) is 8.29. The van der Waals surface area contributed by atoms with E-state index in [1.807, 2.05) is 0 Å². The molecule has 0 radical (unpaired) electrons. The standard InChI is InChI=1S/C19H21ClN4O3/c1-13-12-16(25)18(22-24(13)15-6-4-14(20)5-7-15)19(27)21-9-8-17(26)23-10-2-3-11-23/h4-7,12H,2-3,8-11H2,1H3,(H,21,27). The van der Waals surface area contributed by atoms with Gasteiger partial charge in [-0.3, -0.25) is 14.4 Å². The zero-order valence-electron chi connectivity index (χ0n) is 15.1. The summed E-state index contributed by atoms with van der Waals surface area (Å²) in [5.74, 6) is -0.569. The number of likely N-dealkylation sites (tertiary alicyclic amines) is 1. The molecule has 1 aromatic carbocycles. The summed E-state index contributed by atoms with van der Waals surface area (Å²) in [5, 5.41) is 7.40. The summed E-state index contributed by atoms with van der Waals surface area (Å²) < 4.78 is 1.52. The first-order chi connectivity index (χ1) is 13.0. The number of rotatable bonds is 5. The van der Waals surface area contributed by atoms with Gasteiger partial charge in [0, 0.05) is 42.8 Å². The van der Waals surface area contributed by atoms with Crippen LogP contribution in [0, 0.1) is 6.92 Å². The Morgan fingerprint density at radius 3 is 2.52 bits per heavy atom. The second-order valence-electron chi connectivity index (χ2n) is 6.48. The molecule has 1 aliphatic rings. The Kier molecular flexibility index (Phi) is 5.91. The zero-order valence-corrected chi connectivity index (χ0v) is 15.8. The number of nitrogens with one attached hydrogen (secondary N) is 1. The number of carbonyl (C=O) groups excluding carboxylic acids is 2. The molecule has 0 unspecified atom stereocenters. The van der Waals surface area contributed by atoms with Crippen LogP contribution < -0.4 is 10.7 Å². The maximum atomic E-state index is 12.4. The first kappa shape index (κ1) is 19.1. The van der Waals surface area contributed by atoms with Crippen molar-refractivity contribution < 1.29 is 9.59 Å². The molecule has 2 aromatic rings. The van der Waals surface area contributed by atoms with E-state index < -0.39 is 11.3 Å². The average molecular weight is 389 g/mol. The van der Waals surface area contributed by atoms with Gasteiger partial charge in [0.05, 0.1) is 5.69 Å². The second-order valence-corrected chi connectivity index (χ2v) is 6.92. The van der Waals surface area contributed by atoms with Crippen LogP contribution >= 0.6 is 11.6 Å². The highest BCUT2D eigenvalue weighted by Crippen LogP contribution is 2.14. The van der Waals surface area contributed by atoms with Crippen molar-refractivity contribution in [3.05, 3.63) is 57.0 Å². The lowest BCUT2D eigenvalue weighted by Gasteiger charge is -2.15. The van der Waals surface area contributed by atoms with E-state index in [-0.39, 0.29) is 24.6 Å². The molecule has 142 valence electrons. The van der Waals surface area contributed by atoms with Crippen LogP contribution in [0.25, 0.3) is 5.69 Å². The molecule has 0 aliphatic carbocycles. The van der Waals surface area contributed by atoms with Crippen molar-refractivity contribution in [3.63, 3.8) is 0 Å². The van der Waals surface area contributed by atoms with E-state index in [1.54, 1.807) is 36.1 Å². The highest BCUT2D eigenvalue weighted by molar-refractivity contribution is 6.30. The first-order valence-corrected chi connectivity index (χ1v) is 9.26. The number of aryl methyl sites for hydroxylation is 1. The topological polar surface area (TPSA) is 84.3 Å². The number of hydrogen-bond acceptors (Lipinski definition) is 4. The molecule has 0 bridgehead atoms. The number of benzene rings is 1. The molecule has 3 rings (SSSR count). The van der Waals surface area contributed by atoms with E-state index in [0.29, 0.717) is 16.4 Å². The molecule has 0 spiro atoms. The fourth-order valence-electron chi connectivity index (χ4n) is 3.04. The van der Waals surface area contributed by atoms with E-state index in [4.69, 9.17) is 11.6 Å². The van der Waals surface area contributed by atoms with E-state index in [1.165, 1.54) is 10.7 Å². The Balaban J connectivity index is 1.70. The van der Waals surface area contributed by atoms with Gasteiger partial charge in [-0.15, -0.1) is 0 Å². The van der Waals surface area contributed by atoms with Gasteiger partial charge in [-0.25, -0.2) is 4.68 Å². The number of amides is 2. The van der Waals surface area contributed by atoms with Crippen LogP contribution in [0.2, 0.25) is 5.02 Å². The fraction of sp³-hybridized carbons (Fsp3) is 0.368. The van der Waals surface area contributed by atoms with Gasteiger partial charge in [-0.2, -0.15) is 5.10 Å². The summed E-state index contributed by atoms with van der Waals surface area (Å²) >= 11 is 5.90. The van der Waals surface area contributed by atoms with Gasteiger partial charge in [0.15, 0.2) is 5.69 Å². The zero-order chi connectivity index (χ0) is 19.4. The van der Waals surface area contributed by atoms with Gasteiger partial charge in [0.1, 0.15) is 0 Å². The molecule has 1 aromatic heterocycles. The predicted octanol–water partition coefficient (Wildman–Crippen LogP) is 1.94. The van der Waals surface area contributed by atoms with Gasteiger partial charge < -0.3 is 10.2 Å². The normalized spacial score (nSPS) is 13.6. The molecule has 1 fully saturated rings. The Bertz CT molecular complexity index is 902. The van der Waals surface area contributed by atoms with E-state index in [0.717, 1.165) is 25.9 Å². The smallest absolute Gasteiger partial charge is 0.275 e. The van der Waals surface area contributed by atoms with Gasteiger partial charge in [0.25, 0.3) is 5.91 Å². The molecule has 0 saturated carbocycles. The Morgan fingerprint density at radius 1 is 1.19 bits per heavy atom. The summed E-state index contributed by atoms with van der Waals surface area (Å²) in [5.41, 5.74) is 0.628. The third-order valence-corrected chi connectivity index (χ3v) is 4.73. The average Bonchev–Trinajstić information content (AvgIpc) is 3.17. The van der Waals surface area contributed by atoms with Gasteiger partial charge in [-0.1, -0.05) is 11.6 Å². The van der Waals surface area contributed by atoms with Crippen molar-refractivity contribution in [1.29, 1.82) is 0 Å². The van der Waals surface area contributed by atoms with Gasteiger partial charge in [0.2, 0.25) is 11.3 Å². The monoisotopic (exact) mass is 388 g/mol. The lowest BCUT2D eigenvalue weighted by Crippen LogP contribution is -2.35. The fourth-order valence-corrected chi connectivity index (χ4v) is 3.17. The number of nitrogens with zero attached hydrogens (tertiary/aromatic N) is 3. The minimum atomic E-state index is -0.586. The number of aromatic nitrogens is 2. The highest BCUT2D eigenvalue weighted by Gasteiger charge is 2.19. The second kappa shape index (κ2) is 8.35. The van der Waals surface area contributed by atoms with E-state index in [2.05, 4.69) is 10.4 Å². The van der Waals surface area contributed by atoms with Crippen molar-refractivity contribution in [1.82, 2.24) is 20.0 Å². The third-order valence-electron chi connectivity index (χ3n) is 4.48. The lowest BCUT2D eigenvalue weighted by molar-refractivity contribution is -0.129. The summed E-state index contributed by atoms with van der Waals surface area (Å²) in [6.07, 6.45) is 2.26. The molecule has 1 N–H and O–H groups in total. The molecular formula is C19H21ClN4O3. The minimum Gasteiger partial charge on any atom is -0.350 e. The van der Waals surface area contributed by atoms with Crippen molar-refractivity contribution in [2.24, 2.45) is 0 Å². The SMILES string of the molecule is Cc1cc(=O)c(C(=O)NCCC(=O)N2CCCC2)nn1-c1ccc(Cl)cc1. The van der Waals surface area contributed by atoms with Crippen molar-refractivity contribution in [2.75, 3.05) is 19.6 Å². The van der Waals surface area contributed by atoms with Crippen LogP contribution in [0.3, 0.4) is 0 Å². The predicted molar refractivity (Wildman–Crippen MR) is 102 cm³/mol. The third kappa shape index (κ3) is 4.54.